The summed E-state index contributed by atoms with van der Waals surface area (Å²) in [7, 11) is 0. The summed E-state index contributed by atoms with van der Waals surface area (Å²) in [5.74, 6) is -0.101. The summed E-state index contributed by atoms with van der Waals surface area (Å²) in [6.45, 7) is 3.94. The molecule has 0 saturated carbocycles. The molecule has 2 rings (SSSR count). The van der Waals surface area contributed by atoms with Crippen LogP contribution in [0.1, 0.15) is 21.5 Å². The molecule has 0 aliphatic heterocycles. The first kappa shape index (κ1) is 13.0. The van der Waals surface area contributed by atoms with Gasteiger partial charge in [-0.3, -0.25) is 9.78 Å². The van der Waals surface area contributed by atoms with Gasteiger partial charge in [-0.25, -0.2) is 0 Å². The Morgan fingerprint density at radius 3 is 2.78 bits per heavy atom. The van der Waals surface area contributed by atoms with Crippen molar-refractivity contribution in [2.75, 3.05) is 5.32 Å². The van der Waals surface area contributed by atoms with E-state index in [2.05, 4.69) is 32.9 Å². The second-order valence-electron chi connectivity index (χ2n) is 4.14. The van der Waals surface area contributed by atoms with Crippen LogP contribution in [0.25, 0.3) is 0 Å². The molecule has 1 aromatic carbocycles. The van der Waals surface area contributed by atoms with Crippen LogP contribution < -0.4 is 5.32 Å². The molecule has 0 aliphatic rings. The highest BCUT2D eigenvalue weighted by atomic mass is 127. The molecule has 1 heterocycles. The number of carbonyl (C=O) groups is 1. The normalized spacial score (nSPS) is 10.2. The molecule has 0 fully saturated rings. The number of carbonyl (C=O) groups excluding carboxylic acids is 1. The standard InChI is InChI=1S/C14H13IN2O/c1-9-6-11(8-16-7-9)17-14(18)12-5-3-4-10(2)13(12)15/h3-8H,1-2H3,(H,17,18). The van der Waals surface area contributed by atoms with Crippen LogP contribution in [0.2, 0.25) is 0 Å². The number of rotatable bonds is 2. The fourth-order valence-electron chi connectivity index (χ4n) is 1.64. The zero-order chi connectivity index (χ0) is 13.1. The Balaban J connectivity index is 2.25. The number of aryl methyl sites for hydroxylation is 2. The van der Waals surface area contributed by atoms with E-state index in [4.69, 9.17) is 0 Å². The number of aromatic nitrogens is 1. The van der Waals surface area contributed by atoms with E-state index in [-0.39, 0.29) is 5.91 Å². The van der Waals surface area contributed by atoms with Crippen LogP contribution in [-0.4, -0.2) is 10.9 Å². The van der Waals surface area contributed by atoms with Gasteiger partial charge in [0.25, 0.3) is 5.91 Å². The van der Waals surface area contributed by atoms with Crippen molar-refractivity contribution in [3.8, 4) is 0 Å². The third-order valence-corrected chi connectivity index (χ3v) is 4.00. The first-order valence-electron chi connectivity index (χ1n) is 5.56. The lowest BCUT2D eigenvalue weighted by Crippen LogP contribution is -2.14. The molecule has 0 aliphatic carbocycles. The van der Waals surface area contributed by atoms with Gasteiger partial charge in [0.15, 0.2) is 0 Å². The molecule has 3 nitrogen and oxygen atoms in total. The summed E-state index contributed by atoms with van der Waals surface area (Å²) in [5, 5.41) is 2.86. The number of halogens is 1. The number of hydrogen-bond acceptors (Lipinski definition) is 2. The van der Waals surface area contributed by atoms with Gasteiger partial charge >= 0.3 is 0 Å². The summed E-state index contributed by atoms with van der Waals surface area (Å²) in [6, 6.07) is 7.61. The van der Waals surface area contributed by atoms with Crippen molar-refractivity contribution in [2.45, 2.75) is 13.8 Å². The zero-order valence-corrected chi connectivity index (χ0v) is 12.4. The van der Waals surface area contributed by atoms with Crippen LogP contribution in [-0.2, 0) is 0 Å². The van der Waals surface area contributed by atoms with Gasteiger partial charge in [0.2, 0.25) is 0 Å². The Bertz CT molecular complexity index is 596. The van der Waals surface area contributed by atoms with Crippen molar-refractivity contribution in [2.24, 2.45) is 0 Å². The molecule has 0 radical (unpaired) electrons. The molecule has 0 saturated heterocycles. The number of nitrogens with one attached hydrogen (secondary N) is 1. The van der Waals surface area contributed by atoms with E-state index in [0.29, 0.717) is 5.56 Å². The van der Waals surface area contributed by atoms with Gasteiger partial charge in [0.1, 0.15) is 0 Å². The van der Waals surface area contributed by atoms with Gasteiger partial charge in [0.05, 0.1) is 17.4 Å². The maximum atomic E-state index is 12.2. The van der Waals surface area contributed by atoms with Crippen molar-refractivity contribution in [1.29, 1.82) is 0 Å². The first-order chi connectivity index (χ1) is 8.58. The average molecular weight is 352 g/mol. The molecule has 0 unspecified atom stereocenters. The van der Waals surface area contributed by atoms with Gasteiger partial charge < -0.3 is 5.32 Å². The smallest absolute Gasteiger partial charge is 0.256 e. The zero-order valence-electron chi connectivity index (χ0n) is 10.2. The molecule has 1 aromatic heterocycles. The van der Waals surface area contributed by atoms with E-state index in [1.807, 2.05) is 38.1 Å². The van der Waals surface area contributed by atoms with Crippen molar-refractivity contribution >= 4 is 34.2 Å². The molecular weight excluding hydrogens is 339 g/mol. The van der Waals surface area contributed by atoms with Crippen LogP contribution in [0.15, 0.2) is 36.7 Å². The topological polar surface area (TPSA) is 42.0 Å². The van der Waals surface area contributed by atoms with Gasteiger partial charge in [-0.2, -0.15) is 0 Å². The lowest BCUT2D eigenvalue weighted by molar-refractivity contribution is 0.102. The van der Waals surface area contributed by atoms with Crippen LogP contribution in [0.4, 0.5) is 5.69 Å². The Kier molecular flexibility index (Phi) is 3.96. The van der Waals surface area contributed by atoms with E-state index in [0.717, 1.165) is 20.4 Å². The average Bonchev–Trinajstić information content (AvgIpc) is 2.32. The van der Waals surface area contributed by atoms with Gasteiger partial charge in [-0.1, -0.05) is 12.1 Å². The maximum absolute atomic E-state index is 12.2. The minimum atomic E-state index is -0.101. The lowest BCUT2D eigenvalue weighted by atomic mass is 10.1. The highest BCUT2D eigenvalue weighted by Gasteiger charge is 2.11. The Labute approximate surface area is 120 Å². The molecule has 1 N–H and O–H groups in total. The van der Waals surface area contributed by atoms with Gasteiger partial charge in [-0.05, 0) is 59.7 Å². The summed E-state index contributed by atoms with van der Waals surface area (Å²) in [4.78, 5) is 16.2. The Hall–Kier alpha value is -1.43. The summed E-state index contributed by atoms with van der Waals surface area (Å²) < 4.78 is 0.980. The molecular formula is C14H13IN2O. The Morgan fingerprint density at radius 1 is 1.28 bits per heavy atom. The second-order valence-corrected chi connectivity index (χ2v) is 5.22. The predicted octanol–water partition coefficient (Wildman–Crippen LogP) is 3.56. The summed E-state index contributed by atoms with van der Waals surface area (Å²) in [5.41, 5.74) is 3.53. The predicted molar refractivity (Wildman–Crippen MR) is 80.8 cm³/mol. The molecule has 0 atom stereocenters. The third kappa shape index (κ3) is 2.87. The fraction of sp³-hybridized carbons (Fsp3) is 0.143. The second kappa shape index (κ2) is 5.48. The minimum absolute atomic E-state index is 0.101. The minimum Gasteiger partial charge on any atom is -0.321 e. The third-order valence-electron chi connectivity index (χ3n) is 2.57. The lowest BCUT2D eigenvalue weighted by Gasteiger charge is -2.08. The van der Waals surface area contributed by atoms with Gasteiger partial charge in [-0.15, -0.1) is 0 Å². The van der Waals surface area contributed by atoms with E-state index in [1.54, 1.807) is 12.4 Å². The van der Waals surface area contributed by atoms with Crippen LogP contribution in [0.5, 0.6) is 0 Å². The van der Waals surface area contributed by atoms with Gasteiger partial charge in [0, 0.05) is 9.77 Å². The van der Waals surface area contributed by atoms with E-state index in [9.17, 15) is 4.79 Å². The highest BCUT2D eigenvalue weighted by molar-refractivity contribution is 14.1. The van der Waals surface area contributed by atoms with E-state index in [1.165, 1.54) is 0 Å². The molecule has 92 valence electrons. The number of amides is 1. The van der Waals surface area contributed by atoms with Crippen molar-refractivity contribution in [3.63, 3.8) is 0 Å². The highest BCUT2D eigenvalue weighted by Crippen LogP contribution is 2.18. The maximum Gasteiger partial charge on any atom is 0.256 e. The molecule has 0 bridgehead atoms. The van der Waals surface area contributed by atoms with Crippen LogP contribution >= 0.6 is 22.6 Å². The van der Waals surface area contributed by atoms with Crippen LogP contribution in [0, 0.1) is 17.4 Å². The summed E-state index contributed by atoms with van der Waals surface area (Å²) in [6.07, 6.45) is 3.40. The van der Waals surface area contributed by atoms with Crippen molar-refractivity contribution in [1.82, 2.24) is 4.98 Å². The SMILES string of the molecule is Cc1cncc(NC(=O)c2cccc(C)c2I)c1. The number of nitrogens with zero attached hydrogens (tertiary/aromatic N) is 1. The number of benzene rings is 1. The largest absolute Gasteiger partial charge is 0.321 e. The number of anilines is 1. The monoisotopic (exact) mass is 352 g/mol. The number of pyridine rings is 1. The fourth-order valence-corrected chi connectivity index (χ4v) is 2.25. The summed E-state index contributed by atoms with van der Waals surface area (Å²) >= 11 is 2.19. The van der Waals surface area contributed by atoms with E-state index >= 15 is 0 Å². The van der Waals surface area contributed by atoms with E-state index < -0.39 is 0 Å². The van der Waals surface area contributed by atoms with Crippen molar-refractivity contribution in [3.05, 3.63) is 56.9 Å². The Morgan fingerprint density at radius 2 is 2.06 bits per heavy atom. The molecule has 18 heavy (non-hydrogen) atoms. The van der Waals surface area contributed by atoms with Crippen molar-refractivity contribution < 1.29 is 4.79 Å². The molecule has 4 heteroatoms. The molecule has 0 spiro atoms. The molecule has 1 amide bonds. The molecule has 2 aromatic rings. The van der Waals surface area contributed by atoms with Crippen LogP contribution in [0.3, 0.4) is 0 Å². The number of hydrogen-bond donors (Lipinski definition) is 1. The quantitative estimate of drug-likeness (QED) is 0.840. The first-order valence-corrected chi connectivity index (χ1v) is 6.64.